The van der Waals surface area contributed by atoms with Crippen LogP contribution in [0.3, 0.4) is 0 Å². The Labute approximate surface area is 127 Å². The molecule has 1 unspecified atom stereocenters. The zero-order valence-electron chi connectivity index (χ0n) is 13.1. The van der Waals surface area contributed by atoms with Gasteiger partial charge in [0.25, 0.3) is 0 Å². The summed E-state index contributed by atoms with van der Waals surface area (Å²) in [5.74, 6) is -0.194. The molecule has 2 aromatic carbocycles. The van der Waals surface area contributed by atoms with Crippen LogP contribution in [0.15, 0.2) is 48.5 Å². The summed E-state index contributed by atoms with van der Waals surface area (Å²) in [6, 6.07) is 15.2. The van der Waals surface area contributed by atoms with Gasteiger partial charge in [-0.15, -0.1) is 0 Å². The predicted octanol–water partition coefficient (Wildman–Crippen LogP) is 4.76. The van der Waals surface area contributed by atoms with E-state index < -0.39 is 0 Å². The van der Waals surface area contributed by atoms with Crippen LogP contribution in [0, 0.1) is 5.82 Å². The molecule has 0 saturated carbocycles. The van der Waals surface area contributed by atoms with Crippen molar-refractivity contribution in [2.75, 3.05) is 0 Å². The lowest BCUT2D eigenvalue weighted by atomic mass is 9.86. The third-order valence-corrected chi connectivity index (χ3v) is 3.86. The van der Waals surface area contributed by atoms with Crippen molar-refractivity contribution >= 4 is 0 Å². The molecule has 2 heteroatoms. The normalized spacial score (nSPS) is 13.2. The molecule has 2 rings (SSSR count). The van der Waals surface area contributed by atoms with Gasteiger partial charge < -0.3 is 5.73 Å². The second-order valence-electron chi connectivity index (χ2n) is 6.64. The number of hydrogen-bond acceptors (Lipinski definition) is 1. The van der Waals surface area contributed by atoms with Crippen LogP contribution in [0.5, 0.6) is 0 Å². The maximum absolute atomic E-state index is 12.9. The smallest absolute Gasteiger partial charge is 0.123 e. The van der Waals surface area contributed by atoms with Crippen LogP contribution in [-0.2, 0) is 11.8 Å². The Morgan fingerprint density at radius 1 is 0.952 bits per heavy atom. The van der Waals surface area contributed by atoms with Gasteiger partial charge in [-0.25, -0.2) is 4.39 Å². The average Bonchev–Trinajstić information content (AvgIpc) is 2.45. The Bertz CT molecular complexity index is 564. The van der Waals surface area contributed by atoms with E-state index in [1.165, 1.54) is 17.7 Å². The first-order valence-corrected chi connectivity index (χ1v) is 7.47. The van der Waals surface area contributed by atoms with Crippen molar-refractivity contribution in [3.05, 3.63) is 71.0 Å². The van der Waals surface area contributed by atoms with Crippen molar-refractivity contribution in [1.29, 1.82) is 0 Å². The summed E-state index contributed by atoms with van der Waals surface area (Å²) in [5.41, 5.74) is 10.0. The molecule has 112 valence electrons. The van der Waals surface area contributed by atoms with Gasteiger partial charge in [-0.1, -0.05) is 57.2 Å². The molecular weight excluding hydrogens is 261 g/mol. The minimum Gasteiger partial charge on any atom is -0.324 e. The van der Waals surface area contributed by atoms with Gasteiger partial charge in [0.15, 0.2) is 0 Å². The first kappa shape index (κ1) is 15.7. The van der Waals surface area contributed by atoms with Crippen LogP contribution in [-0.4, -0.2) is 0 Å². The molecule has 0 heterocycles. The number of aryl methyl sites for hydroxylation is 1. The molecular formula is C19H24FN. The molecule has 0 saturated heterocycles. The van der Waals surface area contributed by atoms with Crippen LogP contribution >= 0.6 is 0 Å². The lowest BCUT2D eigenvalue weighted by Crippen LogP contribution is -2.14. The number of halogens is 1. The van der Waals surface area contributed by atoms with Crippen LogP contribution in [0.4, 0.5) is 4.39 Å². The quantitative estimate of drug-likeness (QED) is 0.861. The summed E-state index contributed by atoms with van der Waals surface area (Å²) in [7, 11) is 0. The molecule has 0 aliphatic rings. The minimum atomic E-state index is -0.194. The van der Waals surface area contributed by atoms with Crippen molar-refractivity contribution in [3.63, 3.8) is 0 Å². The third-order valence-electron chi connectivity index (χ3n) is 3.86. The maximum atomic E-state index is 12.9. The summed E-state index contributed by atoms with van der Waals surface area (Å²) in [6.07, 6.45) is 1.73. The van der Waals surface area contributed by atoms with E-state index in [-0.39, 0.29) is 17.3 Å². The fraction of sp³-hybridized carbons (Fsp3) is 0.368. The van der Waals surface area contributed by atoms with E-state index in [9.17, 15) is 4.39 Å². The second kappa shape index (κ2) is 6.40. The zero-order valence-corrected chi connectivity index (χ0v) is 13.1. The molecule has 0 aliphatic carbocycles. The van der Waals surface area contributed by atoms with Crippen molar-refractivity contribution < 1.29 is 4.39 Å². The topological polar surface area (TPSA) is 26.0 Å². The zero-order chi connectivity index (χ0) is 15.5. The van der Waals surface area contributed by atoms with E-state index in [1.54, 1.807) is 0 Å². The second-order valence-corrected chi connectivity index (χ2v) is 6.64. The Morgan fingerprint density at radius 2 is 1.52 bits per heavy atom. The number of nitrogens with two attached hydrogens (primary N) is 1. The summed E-state index contributed by atoms with van der Waals surface area (Å²) < 4.78 is 12.9. The van der Waals surface area contributed by atoms with Crippen LogP contribution in [0.2, 0.25) is 0 Å². The van der Waals surface area contributed by atoms with Crippen LogP contribution in [0.1, 0.15) is 49.9 Å². The molecule has 0 aromatic heterocycles. The Morgan fingerprint density at radius 3 is 2.05 bits per heavy atom. The average molecular weight is 285 g/mol. The highest BCUT2D eigenvalue weighted by molar-refractivity contribution is 5.29. The first-order valence-electron chi connectivity index (χ1n) is 7.47. The van der Waals surface area contributed by atoms with Gasteiger partial charge in [0, 0.05) is 6.04 Å². The Balaban J connectivity index is 1.97. The lowest BCUT2D eigenvalue weighted by Gasteiger charge is -2.20. The van der Waals surface area contributed by atoms with E-state index in [0.29, 0.717) is 0 Å². The highest BCUT2D eigenvalue weighted by Gasteiger charge is 2.14. The monoisotopic (exact) mass is 285 g/mol. The number of benzene rings is 2. The Kier molecular flexibility index (Phi) is 4.79. The van der Waals surface area contributed by atoms with E-state index in [0.717, 1.165) is 24.0 Å². The van der Waals surface area contributed by atoms with Crippen molar-refractivity contribution in [3.8, 4) is 0 Å². The van der Waals surface area contributed by atoms with Gasteiger partial charge in [-0.05, 0) is 47.1 Å². The van der Waals surface area contributed by atoms with E-state index in [2.05, 4.69) is 45.0 Å². The minimum absolute atomic E-state index is 0.0177. The predicted molar refractivity (Wildman–Crippen MR) is 86.8 cm³/mol. The molecule has 0 aliphatic heterocycles. The van der Waals surface area contributed by atoms with Crippen LogP contribution in [0.25, 0.3) is 0 Å². The molecule has 0 amide bonds. The lowest BCUT2D eigenvalue weighted by molar-refractivity contribution is 0.588. The van der Waals surface area contributed by atoms with Gasteiger partial charge >= 0.3 is 0 Å². The van der Waals surface area contributed by atoms with Gasteiger partial charge in [-0.3, -0.25) is 0 Å². The highest BCUT2D eigenvalue weighted by atomic mass is 19.1. The van der Waals surface area contributed by atoms with Crippen molar-refractivity contribution in [1.82, 2.24) is 0 Å². The van der Waals surface area contributed by atoms with Gasteiger partial charge in [0.2, 0.25) is 0 Å². The molecule has 0 spiro atoms. The third kappa shape index (κ3) is 4.40. The SMILES string of the molecule is CC(C)(C)c1ccc(C(N)CCc2ccc(F)cc2)cc1. The molecule has 2 aromatic rings. The van der Waals surface area contributed by atoms with Gasteiger partial charge in [0.05, 0.1) is 0 Å². The van der Waals surface area contributed by atoms with E-state index in [4.69, 9.17) is 5.73 Å². The summed E-state index contributed by atoms with van der Waals surface area (Å²) in [6.45, 7) is 6.61. The van der Waals surface area contributed by atoms with Gasteiger partial charge in [0.1, 0.15) is 5.82 Å². The molecule has 2 N–H and O–H groups in total. The van der Waals surface area contributed by atoms with Crippen molar-refractivity contribution in [2.45, 2.75) is 45.1 Å². The molecule has 0 bridgehead atoms. The molecule has 21 heavy (non-hydrogen) atoms. The fourth-order valence-electron chi connectivity index (χ4n) is 2.37. The Hall–Kier alpha value is -1.67. The van der Waals surface area contributed by atoms with Crippen LogP contribution < -0.4 is 5.73 Å². The standard InChI is InChI=1S/C19H24FN/c1-19(2,3)16-9-7-15(8-10-16)18(21)13-6-14-4-11-17(20)12-5-14/h4-5,7-12,18H,6,13,21H2,1-3H3. The molecule has 0 fully saturated rings. The number of rotatable bonds is 4. The summed E-state index contributed by atoms with van der Waals surface area (Å²) >= 11 is 0. The molecule has 0 radical (unpaired) electrons. The first-order chi connectivity index (χ1) is 9.86. The molecule has 1 atom stereocenters. The van der Waals surface area contributed by atoms with E-state index >= 15 is 0 Å². The largest absolute Gasteiger partial charge is 0.324 e. The number of hydrogen-bond donors (Lipinski definition) is 1. The van der Waals surface area contributed by atoms with Gasteiger partial charge in [-0.2, -0.15) is 0 Å². The summed E-state index contributed by atoms with van der Waals surface area (Å²) in [5, 5.41) is 0. The molecule has 1 nitrogen and oxygen atoms in total. The van der Waals surface area contributed by atoms with Crippen molar-refractivity contribution in [2.24, 2.45) is 5.73 Å². The summed E-state index contributed by atoms with van der Waals surface area (Å²) in [4.78, 5) is 0. The van der Waals surface area contributed by atoms with E-state index in [1.807, 2.05) is 12.1 Å². The maximum Gasteiger partial charge on any atom is 0.123 e. The fourth-order valence-corrected chi connectivity index (χ4v) is 2.37. The highest BCUT2D eigenvalue weighted by Crippen LogP contribution is 2.24.